The first kappa shape index (κ1) is 30.9. The number of esters is 3. The topological polar surface area (TPSA) is 176 Å². The van der Waals surface area contributed by atoms with Gasteiger partial charge < -0.3 is 24.3 Å². The Kier molecular flexibility index (Phi) is 16.2. The summed E-state index contributed by atoms with van der Waals surface area (Å²) < 4.78 is 19.9. The number of amides is 1. The molecule has 0 rings (SSSR count). The lowest BCUT2D eigenvalue weighted by molar-refractivity contribution is -0.147. The van der Waals surface area contributed by atoms with Crippen molar-refractivity contribution < 1.29 is 47.7 Å². The molecule has 0 heterocycles. The molecule has 0 fully saturated rings. The summed E-state index contributed by atoms with van der Waals surface area (Å²) in [5.41, 5.74) is 0.251. The van der Waals surface area contributed by atoms with Crippen molar-refractivity contribution in [3.63, 3.8) is 0 Å². The molecule has 35 heavy (non-hydrogen) atoms. The molecule has 1 N–H and O–H groups in total. The number of hydrogen-bond acceptors (Lipinski definition) is 12. The van der Waals surface area contributed by atoms with Crippen molar-refractivity contribution in [3.8, 4) is 0 Å². The number of nitrogens with zero attached hydrogens (tertiary/aromatic N) is 2. The number of unbranched alkanes of at least 4 members (excludes halogenated alkanes) is 1. The normalized spacial score (nSPS) is 10.6. The van der Waals surface area contributed by atoms with E-state index in [-0.39, 0.29) is 37.3 Å². The maximum absolute atomic E-state index is 12.0. The number of aliphatic imine (C=N–C) groups is 2. The SMILES string of the molecule is C=C(C)C(=O)OCC(COC(=O)C(=C)C)OC(=O)NCCOC(=O)C(CCCCN=C=O)N=C=O. The summed E-state index contributed by atoms with van der Waals surface area (Å²) in [7, 11) is 0. The molecule has 1 atom stereocenters. The number of rotatable bonds is 17. The van der Waals surface area contributed by atoms with Gasteiger partial charge in [0.15, 0.2) is 12.1 Å². The van der Waals surface area contributed by atoms with Crippen LogP contribution in [0.1, 0.15) is 33.1 Å². The number of carbonyl (C=O) groups excluding carboxylic acids is 6. The van der Waals surface area contributed by atoms with E-state index in [1.807, 2.05) is 0 Å². The minimum Gasteiger partial charge on any atom is -0.462 e. The molecule has 0 bridgehead atoms. The van der Waals surface area contributed by atoms with Crippen LogP contribution in [0.15, 0.2) is 34.3 Å². The highest BCUT2D eigenvalue weighted by atomic mass is 16.6. The Morgan fingerprint density at radius 1 is 0.914 bits per heavy atom. The van der Waals surface area contributed by atoms with E-state index in [0.29, 0.717) is 12.8 Å². The maximum atomic E-state index is 12.0. The molecule has 1 amide bonds. The van der Waals surface area contributed by atoms with Crippen molar-refractivity contribution in [1.82, 2.24) is 5.32 Å². The third-order valence-electron chi connectivity index (χ3n) is 3.93. The van der Waals surface area contributed by atoms with Crippen LogP contribution in [0.5, 0.6) is 0 Å². The van der Waals surface area contributed by atoms with Crippen molar-refractivity contribution in [2.45, 2.75) is 45.3 Å². The molecule has 0 aromatic rings. The summed E-state index contributed by atoms with van der Waals surface area (Å²) in [6.45, 7) is 8.75. The molecule has 192 valence electrons. The van der Waals surface area contributed by atoms with Gasteiger partial charge >= 0.3 is 24.0 Å². The molecule has 13 heteroatoms. The Morgan fingerprint density at radius 2 is 1.51 bits per heavy atom. The van der Waals surface area contributed by atoms with Gasteiger partial charge in [0.05, 0.1) is 13.1 Å². The number of ether oxygens (including phenoxy) is 4. The molecule has 0 aromatic carbocycles. The number of carbonyl (C=O) groups is 4. The van der Waals surface area contributed by atoms with Crippen LogP contribution in [0.3, 0.4) is 0 Å². The minimum absolute atomic E-state index is 0.126. The van der Waals surface area contributed by atoms with Crippen LogP contribution in [-0.4, -0.2) is 81.2 Å². The van der Waals surface area contributed by atoms with Gasteiger partial charge in [0.2, 0.25) is 12.2 Å². The molecular formula is C22H29N3O10. The van der Waals surface area contributed by atoms with E-state index in [1.54, 1.807) is 0 Å². The second-order valence-corrected chi connectivity index (χ2v) is 7.08. The molecule has 0 radical (unpaired) electrons. The predicted molar refractivity (Wildman–Crippen MR) is 120 cm³/mol. The Morgan fingerprint density at radius 3 is 2.03 bits per heavy atom. The first-order valence-corrected chi connectivity index (χ1v) is 10.5. The van der Waals surface area contributed by atoms with Gasteiger partial charge in [-0.05, 0) is 33.1 Å². The highest BCUT2D eigenvalue weighted by Gasteiger charge is 2.21. The largest absolute Gasteiger partial charge is 0.462 e. The van der Waals surface area contributed by atoms with Crippen molar-refractivity contribution in [2.75, 3.05) is 32.9 Å². The van der Waals surface area contributed by atoms with Gasteiger partial charge in [-0.15, -0.1) is 0 Å². The number of nitrogens with one attached hydrogen (secondary N) is 1. The van der Waals surface area contributed by atoms with Crippen LogP contribution in [0, 0.1) is 0 Å². The molecule has 1 unspecified atom stereocenters. The molecule has 0 saturated heterocycles. The Bertz CT molecular complexity index is 843. The molecule has 0 aliphatic carbocycles. The summed E-state index contributed by atoms with van der Waals surface area (Å²) in [5.74, 6) is -2.24. The van der Waals surface area contributed by atoms with E-state index in [1.165, 1.54) is 26.0 Å². The van der Waals surface area contributed by atoms with Crippen LogP contribution < -0.4 is 5.32 Å². The van der Waals surface area contributed by atoms with Gasteiger partial charge in [-0.1, -0.05) is 13.2 Å². The fourth-order valence-electron chi connectivity index (χ4n) is 2.17. The van der Waals surface area contributed by atoms with Crippen molar-refractivity contribution in [1.29, 1.82) is 0 Å². The van der Waals surface area contributed by atoms with Crippen molar-refractivity contribution in [3.05, 3.63) is 24.3 Å². The first-order chi connectivity index (χ1) is 16.6. The van der Waals surface area contributed by atoms with Crippen molar-refractivity contribution in [2.24, 2.45) is 9.98 Å². The summed E-state index contributed by atoms with van der Waals surface area (Å²) in [5, 5.41) is 2.32. The number of alkyl carbamates (subject to hydrolysis) is 1. The summed E-state index contributed by atoms with van der Waals surface area (Å²) in [6, 6.07) is -1.07. The van der Waals surface area contributed by atoms with Crippen LogP contribution in [-0.2, 0) is 42.9 Å². The Hall–Kier alpha value is -4.08. The second kappa shape index (κ2) is 18.4. The summed E-state index contributed by atoms with van der Waals surface area (Å²) >= 11 is 0. The van der Waals surface area contributed by atoms with Crippen molar-refractivity contribution >= 4 is 36.2 Å². The number of isocyanates is 2. The van der Waals surface area contributed by atoms with Gasteiger partial charge in [0, 0.05) is 11.1 Å². The molecule has 0 saturated carbocycles. The zero-order chi connectivity index (χ0) is 26.6. The predicted octanol–water partition coefficient (Wildman–Crippen LogP) is 1.07. The van der Waals surface area contributed by atoms with Gasteiger partial charge in [-0.2, -0.15) is 4.99 Å². The lowest BCUT2D eigenvalue weighted by Gasteiger charge is -2.18. The highest BCUT2D eigenvalue weighted by molar-refractivity contribution is 5.87. The fourth-order valence-corrected chi connectivity index (χ4v) is 2.17. The summed E-state index contributed by atoms with van der Waals surface area (Å²) in [4.78, 5) is 74.5. The smallest absolute Gasteiger partial charge is 0.407 e. The Labute approximate surface area is 202 Å². The third kappa shape index (κ3) is 15.4. The lowest BCUT2D eigenvalue weighted by atomic mass is 10.1. The quantitative estimate of drug-likeness (QED) is 0.0767. The van der Waals surface area contributed by atoms with Crippen LogP contribution in [0.4, 0.5) is 4.79 Å². The van der Waals surface area contributed by atoms with E-state index < -0.39 is 49.4 Å². The van der Waals surface area contributed by atoms with Crippen LogP contribution >= 0.6 is 0 Å². The maximum Gasteiger partial charge on any atom is 0.407 e. The van der Waals surface area contributed by atoms with Gasteiger partial charge in [0.25, 0.3) is 0 Å². The van der Waals surface area contributed by atoms with E-state index >= 15 is 0 Å². The van der Waals surface area contributed by atoms with Gasteiger partial charge in [-0.25, -0.2) is 33.8 Å². The molecular weight excluding hydrogens is 466 g/mol. The van der Waals surface area contributed by atoms with Gasteiger partial charge in [-0.3, -0.25) is 0 Å². The number of hydrogen-bond donors (Lipinski definition) is 1. The zero-order valence-corrected chi connectivity index (χ0v) is 19.7. The molecule has 0 aromatic heterocycles. The van der Waals surface area contributed by atoms with Crippen LogP contribution in [0.2, 0.25) is 0 Å². The second-order valence-electron chi connectivity index (χ2n) is 7.08. The highest BCUT2D eigenvalue weighted by Crippen LogP contribution is 2.07. The first-order valence-electron chi connectivity index (χ1n) is 10.5. The molecule has 0 aliphatic heterocycles. The third-order valence-corrected chi connectivity index (χ3v) is 3.93. The summed E-state index contributed by atoms with van der Waals surface area (Å²) in [6.07, 6.45) is 1.74. The van der Waals surface area contributed by atoms with E-state index in [9.17, 15) is 28.8 Å². The van der Waals surface area contributed by atoms with E-state index in [4.69, 9.17) is 18.9 Å². The van der Waals surface area contributed by atoms with Gasteiger partial charge in [0.1, 0.15) is 19.8 Å². The molecule has 0 aliphatic rings. The fraction of sp³-hybridized carbons (Fsp3) is 0.545. The molecule has 0 spiro atoms. The average Bonchev–Trinajstić information content (AvgIpc) is 2.81. The minimum atomic E-state index is -1.13. The zero-order valence-electron chi connectivity index (χ0n) is 19.7. The van der Waals surface area contributed by atoms with E-state index in [2.05, 4.69) is 28.5 Å². The lowest BCUT2D eigenvalue weighted by Crippen LogP contribution is -2.37. The average molecular weight is 495 g/mol. The standard InChI is InChI=1S/C22H29N3O10/c1-15(2)19(28)33-11-17(12-34-20(29)16(3)4)35-22(31)24-9-10-32-21(30)18(25-14-27)7-5-6-8-23-13-26/h17-18H,1,3,5-12H2,2,4H3,(H,24,31). The van der Waals surface area contributed by atoms with E-state index in [0.717, 1.165) is 0 Å². The van der Waals surface area contributed by atoms with Crippen LogP contribution in [0.25, 0.3) is 0 Å². The Balaban J connectivity index is 4.59. The monoisotopic (exact) mass is 495 g/mol. The molecule has 13 nitrogen and oxygen atoms in total.